The molecular weight excluding hydrogens is 863 g/mol. The number of hydrogen-bond acceptors (Lipinski definition) is 5. The first kappa shape index (κ1) is 68.1. The van der Waals surface area contributed by atoms with E-state index >= 15 is 0 Å². The third-order valence-corrected chi connectivity index (χ3v) is 14.4. The van der Waals surface area contributed by atoms with E-state index in [1.807, 2.05) is 0 Å². The predicted molar refractivity (Wildman–Crippen MR) is 306 cm³/mol. The summed E-state index contributed by atoms with van der Waals surface area (Å²) in [4.78, 5) is 24.6. The molecule has 3 N–H and O–H groups in total. The molecule has 6 heteroatoms. The molecule has 2 atom stereocenters. The second kappa shape index (κ2) is 59.6. The largest absolute Gasteiger partial charge is 0.466 e. The van der Waals surface area contributed by atoms with Crippen molar-refractivity contribution in [1.82, 2.24) is 5.32 Å². The van der Waals surface area contributed by atoms with E-state index in [-0.39, 0.29) is 18.5 Å². The first-order chi connectivity index (χ1) is 34.5. The fourth-order valence-electron chi connectivity index (χ4n) is 9.61. The van der Waals surface area contributed by atoms with Crippen molar-refractivity contribution < 1.29 is 24.5 Å². The predicted octanol–water partition coefficient (Wildman–Crippen LogP) is 19.6. The summed E-state index contributed by atoms with van der Waals surface area (Å²) < 4.78 is 5.49. The maximum Gasteiger partial charge on any atom is 0.305 e. The second-order valence-electron chi connectivity index (χ2n) is 21.4. The zero-order valence-electron chi connectivity index (χ0n) is 47.0. The lowest BCUT2D eigenvalue weighted by molar-refractivity contribution is -0.143. The van der Waals surface area contributed by atoms with Crippen LogP contribution in [0, 0.1) is 0 Å². The molecule has 0 aromatic rings. The number of hydrogen-bond donors (Lipinski definition) is 3. The van der Waals surface area contributed by atoms with Gasteiger partial charge in [0, 0.05) is 12.8 Å². The van der Waals surface area contributed by atoms with E-state index in [9.17, 15) is 19.8 Å². The molecule has 0 heterocycles. The van der Waals surface area contributed by atoms with E-state index in [0.29, 0.717) is 25.9 Å². The SMILES string of the molecule is CCCCC/C=C\C/C=C\CCCCCCCCCCCC(=O)OCCCCCCCCCCC/C=C\CCCCCCCCCC(=O)NC(CO)C(O)CCCCCCCCCCCCCCCC. The van der Waals surface area contributed by atoms with Crippen molar-refractivity contribution in [3.63, 3.8) is 0 Å². The fraction of sp³-hybridized carbons (Fsp3) is 0.875. The molecule has 70 heavy (non-hydrogen) atoms. The number of esters is 1. The Bertz CT molecular complexity index is 1130. The van der Waals surface area contributed by atoms with Gasteiger partial charge in [0.15, 0.2) is 0 Å². The molecule has 0 aliphatic heterocycles. The molecule has 2 unspecified atom stereocenters. The summed E-state index contributed by atoms with van der Waals surface area (Å²) in [5.41, 5.74) is 0. The van der Waals surface area contributed by atoms with Gasteiger partial charge in [-0.05, 0) is 83.5 Å². The lowest BCUT2D eigenvalue weighted by Gasteiger charge is -2.22. The van der Waals surface area contributed by atoms with Gasteiger partial charge in [0.25, 0.3) is 0 Å². The molecule has 1 amide bonds. The molecule has 412 valence electrons. The van der Waals surface area contributed by atoms with Gasteiger partial charge in [0.05, 0.1) is 25.4 Å². The number of allylic oxidation sites excluding steroid dienone is 6. The molecule has 0 fully saturated rings. The van der Waals surface area contributed by atoms with Crippen LogP contribution in [0.2, 0.25) is 0 Å². The Balaban J connectivity index is 3.41. The molecule has 0 aromatic carbocycles. The third-order valence-electron chi connectivity index (χ3n) is 14.4. The number of ether oxygens (including phenoxy) is 1. The first-order valence-corrected chi connectivity index (χ1v) is 31.2. The average molecular weight is 985 g/mol. The highest BCUT2D eigenvalue weighted by atomic mass is 16.5. The highest BCUT2D eigenvalue weighted by Crippen LogP contribution is 2.17. The van der Waals surface area contributed by atoms with Crippen molar-refractivity contribution in [2.24, 2.45) is 0 Å². The van der Waals surface area contributed by atoms with Crippen LogP contribution < -0.4 is 5.32 Å². The molecule has 0 radical (unpaired) electrons. The minimum Gasteiger partial charge on any atom is -0.466 e. The maximum atomic E-state index is 12.5. The topological polar surface area (TPSA) is 95.9 Å². The lowest BCUT2D eigenvalue weighted by Crippen LogP contribution is -2.45. The van der Waals surface area contributed by atoms with Crippen LogP contribution in [0.15, 0.2) is 36.5 Å². The number of aliphatic hydroxyl groups excluding tert-OH is 2. The smallest absolute Gasteiger partial charge is 0.305 e. The van der Waals surface area contributed by atoms with Crippen LogP contribution in [0.5, 0.6) is 0 Å². The Morgan fingerprint density at radius 2 is 0.714 bits per heavy atom. The Hall–Kier alpha value is -1.92. The number of carbonyl (C=O) groups excluding carboxylic acids is 2. The molecule has 0 aromatic heterocycles. The monoisotopic (exact) mass is 984 g/mol. The van der Waals surface area contributed by atoms with Crippen molar-refractivity contribution in [3.8, 4) is 0 Å². The molecule has 0 aliphatic rings. The number of amides is 1. The standard InChI is InChI=1S/C64H121NO5/c1-3-5-7-9-11-13-15-17-19-20-23-27-30-34-38-42-46-50-54-58-64(69)70-59-55-51-47-43-39-35-31-28-25-22-21-24-26-29-33-37-41-45-49-53-57-63(68)65-61(60-66)62(67)56-52-48-44-40-36-32-18-16-14-12-10-8-6-4-2/h11,13,17,19,21,24,61-62,66-67H,3-10,12,14-16,18,20,22-23,25-60H2,1-2H3,(H,65,68)/b13-11-,19-17-,24-21-. The molecule has 0 rings (SSSR count). The minimum absolute atomic E-state index is 0.00262. The fourth-order valence-corrected chi connectivity index (χ4v) is 9.61. The van der Waals surface area contributed by atoms with Gasteiger partial charge < -0.3 is 20.3 Å². The first-order valence-electron chi connectivity index (χ1n) is 31.2. The number of rotatable bonds is 58. The normalized spacial score (nSPS) is 12.8. The van der Waals surface area contributed by atoms with Gasteiger partial charge in [-0.25, -0.2) is 0 Å². The summed E-state index contributed by atoms with van der Waals surface area (Å²) in [5, 5.41) is 23.3. The molecule has 0 spiro atoms. The Morgan fingerprint density at radius 1 is 0.400 bits per heavy atom. The number of unbranched alkanes of at least 4 members (excludes halogenated alkanes) is 41. The summed E-state index contributed by atoms with van der Waals surface area (Å²) >= 11 is 0. The number of nitrogens with one attached hydrogen (secondary N) is 1. The Kier molecular flexibility index (Phi) is 58.0. The van der Waals surface area contributed by atoms with Crippen LogP contribution in [0.1, 0.15) is 335 Å². The van der Waals surface area contributed by atoms with Gasteiger partial charge in [0.2, 0.25) is 5.91 Å². The van der Waals surface area contributed by atoms with Crippen LogP contribution in [-0.4, -0.2) is 47.4 Å². The van der Waals surface area contributed by atoms with Crippen LogP contribution in [0.4, 0.5) is 0 Å². The van der Waals surface area contributed by atoms with Crippen molar-refractivity contribution in [2.45, 2.75) is 347 Å². The summed E-state index contributed by atoms with van der Waals surface area (Å²) in [7, 11) is 0. The Labute approximate surface area is 436 Å². The Morgan fingerprint density at radius 3 is 1.13 bits per heavy atom. The van der Waals surface area contributed by atoms with E-state index < -0.39 is 12.1 Å². The van der Waals surface area contributed by atoms with Gasteiger partial charge in [-0.15, -0.1) is 0 Å². The van der Waals surface area contributed by atoms with Crippen LogP contribution in [-0.2, 0) is 14.3 Å². The molecule has 0 aliphatic carbocycles. The van der Waals surface area contributed by atoms with E-state index in [2.05, 4.69) is 55.6 Å². The van der Waals surface area contributed by atoms with Crippen molar-refractivity contribution in [2.75, 3.05) is 13.2 Å². The molecule has 0 saturated heterocycles. The van der Waals surface area contributed by atoms with Gasteiger partial charge in [0.1, 0.15) is 0 Å². The van der Waals surface area contributed by atoms with E-state index in [1.165, 1.54) is 250 Å². The molecular formula is C64H121NO5. The highest BCUT2D eigenvalue weighted by molar-refractivity contribution is 5.76. The average Bonchev–Trinajstić information content (AvgIpc) is 3.36. The van der Waals surface area contributed by atoms with E-state index in [4.69, 9.17) is 4.74 Å². The lowest BCUT2D eigenvalue weighted by atomic mass is 10.0. The molecule has 0 bridgehead atoms. The summed E-state index contributed by atoms with van der Waals surface area (Å²) in [6.07, 6.45) is 74.3. The van der Waals surface area contributed by atoms with Gasteiger partial charge >= 0.3 is 5.97 Å². The van der Waals surface area contributed by atoms with E-state index in [0.717, 1.165) is 51.4 Å². The van der Waals surface area contributed by atoms with Gasteiger partial charge in [-0.2, -0.15) is 0 Å². The summed E-state index contributed by atoms with van der Waals surface area (Å²) in [5.74, 6) is -0.0401. The van der Waals surface area contributed by atoms with E-state index in [1.54, 1.807) is 0 Å². The van der Waals surface area contributed by atoms with Crippen LogP contribution in [0.25, 0.3) is 0 Å². The zero-order valence-corrected chi connectivity index (χ0v) is 47.0. The van der Waals surface area contributed by atoms with Crippen LogP contribution >= 0.6 is 0 Å². The third kappa shape index (κ3) is 55.4. The number of aliphatic hydroxyl groups is 2. The van der Waals surface area contributed by atoms with Crippen molar-refractivity contribution in [1.29, 1.82) is 0 Å². The summed E-state index contributed by atoms with van der Waals surface area (Å²) in [6.45, 7) is 4.93. The number of carbonyl (C=O) groups is 2. The van der Waals surface area contributed by atoms with Gasteiger partial charge in [-0.3, -0.25) is 9.59 Å². The second-order valence-corrected chi connectivity index (χ2v) is 21.4. The highest BCUT2D eigenvalue weighted by Gasteiger charge is 2.20. The zero-order chi connectivity index (χ0) is 50.7. The van der Waals surface area contributed by atoms with Crippen LogP contribution in [0.3, 0.4) is 0 Å². The van der Waals surface area contributed by atoms with Crippen molar-refractivity contribution in [3.05, 3.63) is 36.5 Å². The van der Waals surface area contributed by atoms with Crippen molar-refractivity contribution >= 4 is 11.9 Å². The van der Waals surface area contributed by atoms with Gasteiger partial charge in [-0.1, -0.05) is 275 Å². The maximum absolute atomic E-state index is 12.5. The quantitative estimate of drug-likeness (QED) is 0.0321. The summed E-state index contributed by atoms with van der Waals surface area (Å²) in [6, 6.07) is -0.548. The molecule has 0 saturated carbocycles. The molecule has 6 nitrogen and oxygen atoms in total. The minimum atomic E-state index is -0.670.